The van der Waals surface area contributed by atoms with Gasteiger partial charge in [-0.05, 0) is 84.3 Å². The minimum absolute atomic E-state index is 0.119. The second-order valence-electron chi connectivity index (χ2n) is 9.26. The van der Waals surface area contributed by atoms with Crippen molar-refractivity contribution in [3.63, 3.8) is 0 Å². The summed E-state index contributed by atoms with van der Waals surface area (Å²) in [6.45, 7) is 2.17. The molecule has 6 nitrogen and oxygen atoms in total. The zero-order chi connectivity index (χ0) is 28.8. The number of nitrogens with one attached hydrogen (secondary N) is 1. The van der Waals surface area contributed by atoms with Crippen LogP contribution in [-0.4, -0.2) is 23.8 Å². The van der Waals surface area contributed by atoms with Crippen molar-refractivity contribution in [1.29, 1.82) is 0 Å². The summed E-state index contributed by atoms with van der Waals surface area (Å²) in [6, 6.07) is 31.1. The molecule has 0 bridgehead atoms. The molecular formula is C33H27ClFN3O3. The van der Waals surface area contributed by atoms with Crippen LogP contribution in [0.4, 0.5) is 4.39 Å². The highest BCUT2D eigenvalue weighted by molar-refractivity contribution is 6.32. The third kappa shape index (κ3) is 6.48. The Morgan fingerprint density at radius 3 is 2.49 bits per heavy atom. The van der Waals surface area contributed by atoms with Crippen molar-refractivity contribution in [2.45, 2.75) is 13.5 Å². The van der Waals surface area contributed by atoms with E-state index in [1.165, 1.54) is 25.5 Å². The maximum atomic E-state index is 13.5. The minimum Gasteiger partial charge on any atom is -0.493 e. The number of hydrazone groups is 1. The van der Waals surface area contributed by atoms with Crippen LogP contribution < -0.4 is 14.9 Å². The quantitative estimate of drug-likeness (QED) is 0.147. The maximum absolute atomic E-state index is 13.5. The van der Waals surface area contributed by atoms with E-state index in [-0.39, 0.29) is 18.3 Å². The number of halogens is 2. The number of nitrogens with zero attached hydrogens (tertiary/aromatic N) is 2. The number of aromatic nitrogens is 1. The smallest absolute Gasteiger partial charge is 0.271 e. The maximum Gasteiger partial charge on any atom is 0.271 e. The molecule has 41 heavy (non-hydrogen) atoms. The first-order chi connectivity index (χ1) is 19.9. The van der Waals surface area contributed by atoms with E-state index in [1.54, 1.807) is 36.4 Å². The van der Waals surface area contributed by atoms with Crippen molar-refractivity contribution in [3.05, 3.63) is 136 Å². The second kappa shape index (κ2) is 12.5. The van der Waals surface area contributed by atoms with Gasteiger partial charge in [-0.3, -0.25) is 4.79 Å². The topological polar surface area (TPSA) is 64.8 Å². The molecule has 1 aromatic heterocycles. The van der Waals surface area contributed by atoms with Crippen LogP contribution >= 0.6 is 11.6 Å². The van der Waals surface area contributed by atoms with Gasteiger partial charge in [0.2, 0.25) is 0 Å². The zero-order valence-corrected chi connectivity index (χ0v) is 23.2. The molecule has 0 saturated heterocycles. The SMILES string of the molecule is COc1cc(/C=N/NC(=O)c2ccc(-n3c(C)ccc3-c3ccccc3)cc2)cc(Cl)c1OCc1cccc(F)c1. The lowest BCUT2D eigenvalue weighted by Gasteiger charge is -2.13. The lowest BCUT2D eigenvalue weighted by Crippen LogP contribution is -2.17. The van der Waals surface area contributed by atoms with E-state index < -0.39 is 0 Å². The van der Waals surface area contributed by atoms with Crippen LogP contribution in [-0.2, 0) is 6.61 Å². The highest BCUT2D eigenvalue weighted by atomic mass is 35.5. The number of benzene rings is 4. The number of carbonyl (C=O) groups excluding carboxylic acids is 1. The first-order valence-corrected chi connectivity index (χ1v) is 13.2. The molecule has 1 heterocycles. The molecule has 0 aliphatic heterocycles. The van der Waals surface area contributed by atoms with E-state index in [2.05, 4.69) is 39.4 Å². The Kier molecular flexibility index (Phi) is 8.46. The molecule has 0 radical (unpaired) electrons. The Balaban J connectivity index is 1.25. The average molecular weight is 568 g/mol. The van der Waals surface area contributed by atoms with Crippen molar-refractivity contribution < 1.29 is 18.7 Å². The molecule has 5 aromatic rings. The molecule has 1 amide bonds. The van der Waals surface area contributed by atoms with E-state index >= 15 is 0 Å². The zero-order valence-electron chi connectivity index (χ0n) is 22.5. The summed E-state index contributed by atoms with van der Waals surface area (Å²) in [7, 11) is 1.49. The van der Waals surface area contributed by atoms with Gasteiger partial charge in [-0.15, -0.1) is 0 Å². The van der Waals surface area contributed by atoms with Gasteiger partial charge in [-0.1, -0.05) is 54.1 Å². The fraction of sp³-hybridized carbons (Fsp3) is 0.0909. The minimum atomic E-state index is -0.353. The predicted molar refractivity (Wildman–Crippen MR) is 160 cm³/mol. The molecule has 206 valence electrons. The van der Waals surface area contributed by atoms with Gasteiger partial charge in [0.25, 0.3) is 5.91 Å². The molecule has 0 saturated carbocycles. The first-order valence-electron chi connectivity index (χ1n) is 12.9. The Bertz CT molecular complexity index is 1700. The summed E-state index contributed by atoms with van der Waals surface area (Å²) in [6.07, 6.45) is 1.46. The lowest BCUT2D eigenvalue weighted by molar-refractivity contribution is 0.0955. The van der Waals surface area contributed by atoms with Crippen LogP contribution in [0.3, 0.4) is 0 Å². The third-order valence-electron chi connectivity index (χ3n) is 6.44. The molecule has 0 aliphatic carbocycles. The molecule has 0 fully saturated rings. The Morgan fingerprint density at radius 2 is 1.76 bits per heavy atom. The van der Waals surface area contributed by atoms with Crippen LogP contribution in [0.15, 0.2) is 108 Å². The molecular weight excluding hydrogens is 541 g/mol. The molecule has 4 aromatic carbocycles. The Morgan fingerprint density at radius 1 is 0.976 bits per heavy atom. The van der Waals surface area contributed by atoms with Gasteiger partial charge in [-0.25, -0.2) is 9.82 Å². The van der Waals surface area contributed by atoms with Crippen molar-refractivity contribution in [1.82, 2.24) is 9.99 Å². The molecule has 1 N–H and O–H groups in total. The number of hydrogen-bond acceptors (Lipinski definition) is 4. The van der Waals surface area contributed by atoms with Crippen molar-refractivity contribution >= 4 is 23.7 Å². The van der Waals surface area contributed by atoms with Gasteiger partial charge in [0.15, 0.2) is 11.5 Å². The van der Waals surface area contributed by atoms with Gasteiger partial charge in [0.1, 0.15) is 12.4 Å². The van der Waals surface area contributed by atoms with Crippen LogP contribution in [0.1, 0.15) is 27.2 Å². The lowest BCUT2D eigenvalue weighted by atomic mass is 10.1. The number of amides is 1. The molecule has 0 spiro atoms. The van der Waals surface area contributed by atoms with Crippen molar-refractivity contribution in [3.8, 4) is 28.4 Å². The van der Waals surface area contributed by atoms with Crippen LogP contribution in [0.2, 0.25) is 5.02 Å². The van der Waals surface area contributed by atoms with Crippen molar-refractivity contribution in [2.24, 2.45) is 5.10 Å². The highest BCUT2D eigenvalue weighted by Crippen LogP contribution is 2.36. The van der Waals surface area contributed by atoms with Gasteiger partial charge >= 0.3 is 0 Å². The molecule has 5 rings (SSSR count). The van der Waals surface area contributed by atoms with E-state index in [9.17, 15) is 9.18 Å². The predicted octanol–water partition coefficient (Wildman–Crippen LogP) is 7.60. The fourth-order valence-corrected chi connectivity index (χ4v) is 4.72. The largest absolute Gasteiger partial charge is 0.493 e. The highest BCUT2D eigenvalue weighted by Gasteiger charge is 2.13. The van der Waals surface area contributed by atoms with Gasteiger partial charge in [0, 0.05) is 16.9 Å². The first kappa shape index (κ1) is 27.7. The Labute approximate surface area is 242 Å². The van der Waals surface area contributed by atoms with Crippen molar-refractivity contribution in [2.75, 3.05) is 7.11 Å². The summed E-state index contributed by atoms with van der Waals surface area (Å²) >= 11 is 6.44. The number of rotatable bonds is 9. The standard InChI is InChI=1S/C33H27ClFN3O3/c1-22-11-16-30(25-8-4-3-5-9-25)38(22)28-14-12-26(13-15-28)33(39)37-36-20-24-18-29(34)32(31(19-24)40-2)41-21-23-7-6-10-27(35)17-23/h3-20H,21H2,1-2H3,(H,37,39)/b36-20+. The van der Waals surface area contributed by atoms with E-state index in [1.807, 2.05) is 37.3 Å². The van der Waals surface area contributed by atoms with Crippen LogP contribution in [0.25, 0.3) is 16.9 Å². The number of carbonyl (C=O) groups is 1. The van der Waals surface area contributed by atoms with Gasteiger partial charge in [-0.2, -0.15) is 5.10 Å². The average Bonchev–Trinajstić information content (AvgIpc) is 3.38. The summed E-state index contributed by atoms with van der Waals surface area (Å²) in [5.41, 5.74) is 8.49. The number of methoxy groups -OCH3 is 1. The molecule has 0 unspecified atom stereocenters. The number of aryl methyl sites for hydroxylation is 1. The Hall–Kier alpha value is -4.88. The summed E-state index contributed by atoms with van der Waals surface area (Å²) < 4.78 is 26.8. The van der Waals surface area contributed by atoms with E-state index in [0.29, 0.717) is 33.2 Å². The normalized spacial score (nSPS) is 11.0. The van der Waals surface area contributed by atoms with E-state index in [4.69, 9.17) is 21.1 Å². The molecule has 8 heteroatoms. The third-order valence-corrected chi connectivity index (χ3v) is 6.72. The molecule has 0 atom stereocenters. The summed E-state index contributed by atoms with van der Waals surface area (Å²) in [5, 5.41) is 4.37. The summed E-state index contributed by atoms with van der Waals surface area (Å²) in [5.74, 6) is 0.0100. The van der Waals surface area contributed by atoms with Gasteiger partial charge in [0.05, 0.1) is 24.0 Å². The fourth-order valence-electron chi connectivity index (χ4n) is 4.44. The monoisotopic (exact) mass is 567 g/mol. The number of ether oxygens (including phenoxy) is 2. The molecule has 0 aliphatic rings. The van der Waals surface area contributed by atoms with Crippen LogP contribution in [0, 0.1) is 12.7 Å². The second-order valence-corrected chi connectivity index (χ2v) is 9.67. The number of hydrogen-bond donors (Lipinski definition) is 1. The van der Waals surface area contributed by atoms with Crippen LogP contribution in [0.5, 0.6) is 11.5 Å². The van der Waals surface area contributed by atoms with Gasteiger partial charge < -0.3 is 14.0 Å². The van der Waals surface area contributed by atoms with E-state index in [0.717, 1.165) is 22.6 Å². The summed E-state index contributed by atoms with van der Waals surface area (Å²) in [4.78, 5) is 12.7.